The Morgan fingerprint density at radius 2 is 2.07 bits per heavy atom. The molecule has 0 saturated carbocycles. The van der Waals surface area contributed by atoms with Gasteiger partial charge in [0.15, 0.2) is 11.4 Å². The first-order valence-electron chi connectivity index (χ1n) is 8.77. The Labute approximate surface area is 167 Å². The van der Waals surface area contributed by atoms with Gasteiger partial charge in [-0.2, -0.15) is 0 Å². The molecular formula is C18H21N5O4S. The van der Waals surface area contributed by atoms with Gasteiger partial charge in [0.2, 0.25) is 0 Å². The van der Waals surface area contributed by atoms with Crippen molar-refractivity contribution in [3.63, 3.8) is 0 Å². The molecule has 28 heavy (non-hydrogen) atoms. The normalized spacial score (nSPS) is 11.0. The number of nitrogens with zero attached hydrogens (tertiary/aromatic N) is 4. The van der Waals surface area contributed by atoms with E-state index in [4.69, 9.17) is 13.9 Å². The first-order chi connectivity index (χ1) is 13.6. The number of hydrogen-bond acceptors (Lipinski definition) is 8. The van der Waals surface area contributed by atoms with E-state index in [1.54, 1.807) is 24.4 Å². The minimum Gasteiger partial charge on any atom is -0.457 e. The number of urea groups is 1. The molecule has 0 aliphatic heterocycles. The zero-order chi connectivity index (χ0) is 19.9. The van der Waals surface area contributed by atoms with Gasteiger partial charge >= 0.3 is 6.03 Å². The number of pyridine rings is 1. The Morgan fingerprint density at radius 3 is 2.86 bits per heavy atom. The average Bonchev–Trinajstić information content (AvgIpc) is 3.19. The van der Waals surface area contributed by atoms with Crippen LogP contribution in [-0.2, 0) is 16.1 Å². The number of furan rings is 1. The summed E-state index contributed by atoms with van der Waals surface area (Å²) < 4.78 is 17.3. The lowest BCUT2D eigenvalue weighted by Gasteiger charge is -2.14. The minimum atomic E-state index is -0.371. The fraction of sp³-hybridized carbons (Fsp3) is 0.333. The van der Waals surface area contributed by atoms with Crippen molar-refractivity contribution in [2.75, 3.05) is 24.2 Å². The van der Waals surface area contributed by atoms with Gasteiger partial charge in [0.1, 0.15) is 36.2 Å². The van der Waals surface area contributed by atoms with Gasteiger partial charge in [0.05, 0.1) is 6.20 Å². The van der Waals surface area contributed by atoms with Crippen molar-refractivity contribution < 1.29 is 18.7 Å². The number of amides is 2. The molecule has 3 heterocycles. The van der Waals surface area contributed by atoms with E-state index < -0.39 is 0 Å². The predicted molar refractivity (Wildman–Crippen MR) is 107 cm³/mol. The van der Waals surface area contributed by atoms with Gasteiger partial charge in [-0.15, -0.1) is 0 Å². The second-order valence-electron chi connectivity index (χ2n) is 5.64. The van der Waals surface area contributed by atoms with Crippen molar-refractivity contribution in [3.8, 4) is 11.5 Å². The lowest BCUT2D eigenvalue weighted by molar-refractivity contribution is -0.0613. The topological polar surface area (TPSA) is 103 Å². The van der Waals surface area contributed by atoms with Crippen LogP contribution in [-0.4, -0.2) is 40.9 Å². The Hall–Kier alpha value is -2.69. The Morgan fingerprint density at radius 1 is 1.21 bits per heavy atom. The number of rotatable bonds is 8. The largest absolute Gasteiger partial charge is 0.457 e. The number of fused-ring (bicyclic) bond motifs is 1. The van der Waals surface area contributed by atoms with E-state index in [2.05, 4.69) is 33.1 Å². The quantitative estimate of drug-likeness (QED) is 0.338. The van der Waals surface area contributed by atoms with E-state index in [-0.39, 0.29) is 12.8 Å². The van der Waals surface area contributed by atoms with Crippen LogP contribution in [0, 0.1) is 0 Å². The molecule has 0 unspecified atom stereocenters. The second-order valence-corrected chi connectivity index (χ2v) is 6.04. The highest BCUT2D eigenvalue weighted by Gasteiger charge is 2.14. The third-order valence-electron chi connectivity index (χ3n) is 3.66. The number of nitrogens with one attached hydrogen (secondary N) is 1. The maximum absolute atomic E-state index is 11.9. The maximum atomic E-state index is 11.9. The third-order valence-corrected chi connectivity index (χ3v) is 4.05. The summed E-state index contributed by atoms with van der Waals surface area (Å²) in [5.74, 6) is 1.54. The second kappa shape index (κ2) is 9.49. The van der Waals surface area contributed by atoms with Gasteiger partial charge in [0.25, 0.3) is 0 Å². The molecule has 0 atom stereocenters. The maximum Gasteiger partial charge on any atom is 0.333 e. The fourth-order valence-corrected chi connectivity index (χ4v) is 2.51. The van der Waals surface area contributed by atoms with E-state index in [1.165, 1.54) is 0 Å². The number of aromatic nitrogens is 3. The van der Waals surface area contributed by atoms with Gasteiger partial charge < -0.3 is 19.2 Å². The Balaban J connectivity index is 1.79. The summed E-state index contributed by atoms with van der Waals surface area (Å²) in [7, 11) is 0. The SMILES string of the molecule is CCNC(=O)N(S)c1ccc2ncc(-c3ccc(COCOCC)o3)nc2n1. The smallest absolute Gasteiger partial charge is 0.333 e. The molecule has 10 heteroatoms. The molecule has 0 spiro atoms. The van der Waals surface area contributed by atoms with Crippen LogP contribution in [0.4, 0.5) is 10.6 Å². The number of anilines is 1. The number of thiol groups is 1. The summed E-state index contributed by atoms with van der Waals surface area (Å²) in [5.41, 5.74) is 1.50. The molecule has 9 nitrogen and oxygen atoms in total. The average molecular weight is 403 g/mol. The number of carbonyl (C=O) groups excluding carboxylic acids is 1. The Kier molecular flexibility index (Phi) is 6.80. The molecule has 148 valence electrons. The van der Waals surface area contributed by atoms with E-state index in [0.717, 1.165) is 4.31 Å². The van der Waals surface area contributed by atoms with Gasteiger partial charge in [-0.05, 0) is 38.1 Å². The van der Waals surface area contributed by atoms with E-state index in [9.17, 15) is 4.79 Å². The first-order valence-corrected chi connectivity index (χ1v) is 9.17. The van der Waals surface area contributed by atoms with Gasteiger partial charge in [-0.3, -0.25) is 4.98 Å². The molecule has 0 aromatic carbocycles. The summed E-state index contributed by atoms with van der Waals surface area (Å²) in [5, 5.41) is 2.66. The van der Waals surface area contributed by atoms with Crippen LogP contribution in [0.1, 0.15) is 19.6 Å². The van der Waals surface area contributed by atoms with Crippen molar-refractivity contribution in [3.05, 3.63) is 36.2 Å². The van der Waals surface area contributed by atoms with E-state index >= 15 is 0 Å². The highest BCUT2D eigenvalue weighted by Crippen LogP contribution is 2.23. The summed E-state index contributed by atoms with van der Waals surface area (Å²) >= 11 is 4.19. The van der Waals surface area contributed by atoms with Crippen molar-refractivity contribution in [1.82, 2.24) is 20.3 Å². The van der Waals surface area contributed by atoms with Crippen molar-refractivity contribution in [2.24, 2.45) is 0 Å². The van der Waals surface area contributed by atoms with E-state index in [0.29, 0.717) is 54.0 Å². The zero-order valence-electron chi connectivity index (χ0n) is 15.6. The van der Waals surface area contributed by atoms with Crippen LogP contribution in [0.5, 0.6) is 0 Å². The summed E-state index contributed by atoms with van der Waals surface area (Å²) in [6.45, 7) is 5.31. The van der Waals surface area contributed by atoms with E-state index in [1.807, 2.05) is 19.9 Å². The molecule has 1 N–H and O–H groups in total. The van der Waals surface area contributed by atoms with Crippen LogP contribution in [0.25, 0.3) is 22.6 Å². The lowest BCUT2D eigenvalue weighted by atomic mass is 10.3. The molecule has 0 bridgehead atoms. The summed E-state index contributed by atoms with van der Waals surface area (Å²) in [6.07, 6.45) is 1.61. The molecule has 0 fully saturated rings. The summed E-state index contributed by atoms with van der Waals surface area (Å²) in [4.78, 5) is 25.1. The molecule has 3 rings (SSSR count). The molecular weight excluding hydrogens is 382 g/mol. The van der Waals surface area contributed by atoms with Crippen LogP contribution in [0.3, 0.4) is 0 Å². The summed E-state index contributed by atoms with van der Waals surface area (Å²) in [6, 6.07) is 6.61. The standard InChI is InChI=1S/C18H21N5O4S/c1-3-19-18(24)23(28)16-8-6-13-17(22-16)21-14(9-20-13)15-7-5-12(27-15)10-26-11-25-4-2/h5-9,28H,3-4,10-11H2,1-2H3,(H,19,24). The molecule has 3 aromatic heterocycles. The van der Waals surface area contributed by atoms with Crippen LogP contribution >= 0.6 is 12.8 Å². The van der Waals surface area contributed by atoms with Crippen LogP contribution in [0.15, 0.2) is 34.9 Å². The van der Waals surface area contributed by atoms with Gasteiger partial charge in [0, 0.05) is 13.2 Å². The highest BCUT2D eigenvalue weighted by molar-refractivity contribution is 7.82. The van der Waals surface area contributed by atoms with Gasteiger partial charge in [-0.25, -0.2) is 19.1 Å². The van der Waals surface area contributed by atoms with Crippen molar-refractivity contribution in [1.29, 1.82) is 0 Å². The zero-order valence-corrected chi connectivity index (χ0v) is 16.5. The third kappa shape index (κ3) is 4.77. The molecule has 0 aliphatic carbocycles. The van der Waals surface area contributed by atoms with Crippen molar-refractivity contribution >= 4 is 35.8 Å². The Bertz CT molecular complexity index is 949. The van der Waals surface area contributed by atoms with Gasteiger partial charge in [-0.1, -0.05) is 12.8 Å². The monoisotopic (exact) mass is 403 g/mol. The van der Waals surface area contributed by atoms with Crippen molar-refractivity contribution in [2.45, 2.75) is 20.5 Å². The minimum absolute atomic E-state index is 0.209. The fourth-order valence-electron chi connectivity index (χ4n) is 2.33. The number of ether oxygens (including phenoxy) is 2. The van der Waals surface area contributed by atoms with Crippen LogP contribution < -0.4 is 9.62 Å². The lowest BCUT2D eigenvalue weighted by Crippen LogP contribution is -2.34. The number of hydrogen-bond donors (Lipinski definition) is 2. The molecule has 0 radical (unpaired) electrons. The molecule has 2 amide bonds. The molecule has 0 aliphatic rings. The molecule has 0 saturated heterocycles. The molecule has 3 aromatic rings. The highest BCUT2D eigenvalue weighted by atomic mass is 32.1. The predicted octanol–water partition coefficient (Wildman–Crippen LogP) is 3.18. The first kappa shape index (κ1) is 20.1. The van der Waals surface area contributed by atoms with Crippen LogP contribution in [0.2, 0.25) is 0 Å². The number of carbonyl (C=O) groups is 1.